The van der Waals surface area contributed by atoms with Crippen LogP contribution in [0.1, 0.15) is 49.3 Å². The molecule has 0 bridgehead atoms. The van der Waals surface area contributed by atoms with Crippen molar-refractivity contribution in [3.05, 3.63) is 94.8 Å². The Labute approximate surface area is 202 Å². The van der Waals surface area contributed by atoms with Gasteiger partial charge < -0.3 is 4.74 Å². The van der Waals surface area contributed by atoms with E-state index in [1.165, 1.54) is 37.1 Å². The van der Waals surface area contributed by atoms with Gasteiger partial charge in [0.2, 0.25) is 0 Å². The highest BCUT2D eigenvalue weighted by atomic mass is 19.3. The van der Waals surface area contributed by atoms with E-state index in [1.54, 1.807) is 25.1 Å². The first-order chi connectivity index (χ1) is 16.6. The molecule has 3 aromatic carbocycles. The lowest BCUT2D eigenvalue weighted by Gasteiger charge is -2.23. The molecule has 0 N–H and O–H groups in total. The fourth-order valence-corrected chi connectivity index (χ4v) is 4.43. The zero-order valence-electron chi connectivity index (χ0n) is 19.6. The molecular formula is C29H27F5O. The van der Waals surface area contributed by atoms with Crippen LogP contribution in [0.2, 0.25) is 0 Å². The zero-order chi connectivity index (χ0) is 25.2. The molecule has 1 aliphatic carbocycles. The van der Waals surface area contributed by atoms with Crippen LogP contribution in [0, 0.1) is 36.2 Å². The predicted octanol–water partition coefficient (Wildman–Crippen LogP) is 9.05. The highest BCUT2D eigenvalue weighted by Crippen LogP contribution is 2.37. The van der Waals surface area contributed by atoms with Crippen LogP contribution in [-0.4, -0.2) is 0 Å². The van der Waals surface area contributed by atoms with Crippen LogP contribution in [0.5, 0.6) is 5.75 Å². The van der Waals surface area contributed by atoms with Crippen LogP contribution in [0.4, 0.5) is 22.0 Å². The normalized spacial score (nSPS) is 18.7. The Kier molecular flexibility index (Phi) is 7.29. The van der Waals surface area contributed by atoms with Gasteiger partial charge in [0.1, 0.15) is 28.8 Å². The maximum atomic E-state index is 14.8. The molecule has 0 aromatic heterocycles. The Morgan fingerprint density at radius 1 is 0.829 bits per heavy atom. The molecule has 0 heterocycles. The van der Waals surface area contributed by atoms with Crippen molar-refractivity contribution in [3.63, 3.8) is 0 Å². The molecule has 35 heavy (non-hydrogen) atoms. The summed E-state index contributed by atoms with van der Waals surface area (Å²) in [6.07, 6.45) is 4.49. The number of hydrogen-bond donors (Lipinski definition) is 0. The standard InChI is InChI=1S/C29H27F5O/c1-18-3-6-20(7-4-18)8-9-21-10-12-23(13-11-21)35-29(33,34)28-26(31)16-22(17-27(28)32)24-14-5-19(2)15-25(24)30/h5,8-18,20H,3-4,6-7H2,1-2H3/b9-8+. The van der Waals surface area contributed by atoms with Gasteiger partial charge in [0.05, 0.1) is 0 Å². The van der Waals surface area contributed by atoms with E-state index < -0.39 is 29.1 Å². The Morgan fingerprint density at radius 3 is 2.06 bits per heavy atom. The SMILES string of the molecule is Cc1ccc(-c2cc(F)c(C(F)(F)Oc3ccc(/C=C/C4CCC(C)CC4)cc3)c(F)c2)c(F)c1. The third-order valence-corrected chi connectivity index (χ3v) is 6.52. The molecule has 0 radical (unpaired) electrons. The van der Waals surface area contributed by atoms with Crippen LogP contribution in [0.25, 0.3) is 17.2 Å². The largest absolute Gasteiger partial charge is 0.432 e. The molecule has 0 spiro atoms. The Balaban J connectivity index is 1.49. The smallest absolute Gasteiger partial charge is 0.429 e. The van der Waals surface area contributed by atoms with Crippen molar-refractivity contribution in [3.8, 4) is 16.9 Å². The van der Waals surface area contributed by atoms with Gasteiger partial charge in [-0.1, -0.05) is 56.2 Å². The lowest BCUT2D eigenvalue weighted by atomic mass is 9.83. The second-order valence-corrected chi connectivity index (χ2v) is 9.37. The van der Waals surface area contributed by atoms with Gasteiger partial charge in [-0.05, 0) is 78.6 Å². The molecule has 6 heteroatoms. The molecule has 0 aliphatic heterocycles. The van der Waals surface area contributed by atoms with Crippen LogP contribution >= 0.6 is 0 Å². The van der Waals surface area contributed by atoms with E-state index in [9.17, 15) is 22.0 Å². The number of aryl methyl sites for hydroxylation is 1. The van der Waals surface area contributed by atoms with Gasteiger partial charge in [0, 0.05) is 5.56 Å². The van der Waals surface area contributed by atoms with E-state index in [4.69, 9.17) is 0 Å². The first kappa shape index (κ1) is 25.0. The van der Waals surface area contributed by atoms with Crippen LogP contribution in [0.15, 0.2) is 60.7 Å². The average Bonchev–Trinajstić information content (AvgIpc) is 2.78. The predicted molar refractivity (Wildman–Crippen MR) is 128 cm³/mol. The molecule has 3 aromatic rings. The number of halogens is 5. The third-order valence-electron chi connectivity index (χ3n) is 6.52. The van der Waals surface area contributed by atoms with Gasteiger partial charge in [0.25, 0.3) is 0 Å². The van der Waals surface area contributed by atoms with Crippen LogP contribution in [-0.2, 0) is 6.11 Å². The van der Waals surface area contributed by atoms with Crippen molar-refractivity contribution in [2.24, 2.45) is 11.8 Å². The monoisotopic (exact) mass is 486 g/mol. The second-order valence-electron chi connectivity index (χ2n) is 9.37. The lowest BCUT2D eigenvalue weighted by Crippen LogP contribution is -2.25. The molecule has 1 nitrogen and oxygen atoms in total. The maximum Gasteiger partial charge on any atom is 0.432 e. The van der Waals surface area contributed by atoms with Gasteiger partial charge in [-0.3, -0.25) is 0 Å². The van der Waals surface area contributed by atoms with E-state index in [0.29, 0.717) is 23.6 Å². The van der Waals surface area contributed by atoms with Crippen molar-refractivity contribution in [1.82, 2.24) is 0 Å². The summed E-state index contributed by atoms with van der Waals surface area (Å²) in [7, 11) is 0. The number of hydrogen-bond acceptors (Lipinski definition) is 1. The molecule has 1 saturated carbocycles. The quantitative estimate of drug-likeness (QED) is 0.316. The summed E-state index contributed by atoms with van der Waals surface area (Å²) in [5.74, 6) is -2.71. The molecule has 0 saturated heterocycles. The summed E-state index contributed by atoms with van der Waals surface area (Å²) >= 11 is 0. The van der Waals surface area contributed by atoms with Gasteiger partial charge in [-0.2, -0.15) is 8.78 Å². The fraction of sp³-hybridized carbons (Fsp3) is 0.310. The van der Waals surface area contributed by atoms with Crippen molar-refractivity contribution < 1.29 is 26.7 Å². The fourth-order valence-electron chi connectivity index (χ4n) is 4.43. The van der Waals surface area contributed by atoms with Crippen molar-refractivity contribution in [2.75, 3.05) is 0 Å². The highest BCUT2D eigenvalue weighted by Gasteiger charge is 2.41. The number of alkyl halides is 2. The molecule has 1 fully saturated rings. The third kappa shape index (κ3) is 5.92. The first-order valence-electron chi connectivity index (χ1n) is 11.7. The Bertz CT molecular complexity index is 1190. The highest BCUT2D eigenvalue weighted by molar-refractivity contribution is 5.65. The minimum Gasteiger partial charge on any atom is -0.429 e. The Hall–Kier alpha value is -3.15. The maximum absolute atomic E-state index is 14.8. The summed E-state index contributed by atoms with van der Waals surface area (Å²) in [4.78, 5) is 0. The van der Waals surface area contributed by atoms with E-state index in [1.807, 2.05) is 6.08 Å². The van der Waals surface area contributed by atoms with Gasteiger partial charge in [0.15, 0.2) is 0 Å². The lowest BCUT2D eigenvalue weighted by molar-refractivity contribution is -0.189. The number of ether oxygens (including phenoxy) is 1. The summed E-state index contributed by atoms with van der Waals surface area (Å²) in [6, 6.07) is 11.4. The van der Waals surface area contributed by atoms with E-state index in [0.717, 1.165) is 24.3 Å². The summed E-state index contributed by atoms with van der Waals surface area (Å²) < 4.78 is 77.7. The molecule has 0 atom stereocenters. The van der Waals surface area contributed by atoms with Crippen LogP contribution < -0.4 is 4.74 Å². The van der Waals surface area contributed by atoms with E-state index >= 15 is 0 Å². The van der Waals surface area contributed by atoms with Crippen LogP contribution in [0.3, 0.4) is 0 Å². The summed E-state index contributed by atoms with van der Waals surface area (Å²) in [5.41, 5.74) is -0.351. The molecule has 4 rings (SSSR count). The summed E-state index contributed by atoms with van der Waals surface area (Å²) in [6.45, 7) is 3.92. The zero-order valence-corrected chi connectivity index (χ0v) is 19.6. The van der Waals surface area contributed by atoms with Crippen molar-refractivity contribution >= 4 is 6.08 Å². The van der Waals surface area contributed by atoms with Gasteiger partial charge in [-0.25, -0.2) is 13.2 Å². The van der Waals surface area contributed by atoms with Gasteiger partial charge >= 0.3 is 6.11 Å². The number of rotatable bonds is 6. The molecule has 184 valence electrons. The van der Waals surface area contributed by atoms with Crippen molar-refractivity contribution in [1.29, 1.82) is 0 Å². The molecule has 1 aliphatic rings. The van der Waals surface area contributed by atoms with E-state index in [-0.39, 0.29) is 16.9 Å². The topological polar surface area (TPSA) is 9.23 Å². The first-order valence-corrected chi connectivity index (χ1v) is 11.7. The number of benzene rings is 3. The minimum absolute atomic E-state index is 0.0874. The van der Waals surface area contributed by atoms with Gasteiger partial charge in [-0.15, -0.1) is 0 Å². The molecule has 0 unspecified atom stereocenters. The van der Waals surface area contributed by atoms with Crippen molar-refractivity contribution in [2.45, 2.75) is 45.6 Å². The molecular weight excluding hydrogens is 459 g/mol. The second kappa shape index (κ2) is 10.2. The molecule has 0 amide bonds. The minimum atomic E-state index is -4.27. The average molecular weight is 487 g/mol. The summed E-state index contributed by atoms with van der Waals surface area (Å²) in [5, 5.41) is 0. The number of allylic oxidation sites excluding steroid dienone is 1. The van der Waals surface area contributed by atoms with E-state index in [2.05, 4.69) is 17.7 Å². The Morgan fingerprint density at radius 2 is 1.46 bits per heavy atom.